The molecule has 0 radical (unpaired) electrons. The van der Waals surface area contributed by atoms with Crippen LogP contribution >= 0.6 is 0 Å². The molecule has 1 N–H and O–H groups in total. The average Bonchev–Trinajstić information content (AvgIpc) is 2.75. The van der Waals surface area contributed by atoms with E-state index in [0.717, 1.165) is 30.9 Å². The zero-order valence-corrected chi connectivity index (χ0v) is 15.4. The van der Waals surface area contributed by atoms with Gasteiger partial charge in [-0.15, -0.1) is 10.2 Å². The van der Waals surface area contributed by atoms with Crippen molar-refractivity contribution in [1.82, 2.24) is 15.5 Å². The molecule has 0 atom stereocenters. The number of anilines is 1. The Bertz CT molecular complexity index is 957. The van der Waals surface area contributed by atoms with Crippen molar-refractivity contribution in [3.63, 3.8) is 0 Å². The van der Waals surface area contributed by atoms with Gasteiger partial charge >= 0.3 is 0 Å². The van der Waals surface area contributed by atoms with Crippen molar-refractivity contribution < 1.29 is 9.18 Å². The van der Waals surface area contributed by atoms with Gasteiger partial charge in [0.25, 0.3) is 5.91 Å². The van der Waals surface area contributed by atoms with Gasteiger partial charge in [-0.3, -0.25) is 4.79 Å². The molecule has 0 bridgehead atoms. The maximum absolute atomic E-state index is 12.9. The Morgan fingerprint density at radius 1 is 1.00 bits per heavy atom. The van der Waals surface area contributed by atoms with Crippen molar-refractivity contribution >= 4 is 11.7 Å². The van der Waals surface area contributed by atoms with Gasteiger partial charge in [-0.1, -0.05) is 36.4 Å². The Morgan fingerprint density at radius 3 is 2.54 bits per heavy atom. The SMILES string of the molecule is O=C(NCCc1ccc(F)cc1)c1ccc(N2CCc3ccccc3C2)nn1. The molecule has 4 rings (SSSR count). The van der Waals surface area contributed by atoms with Gasteiger partial charge in [-0.05, 0) is 53.8 Å². The summed E-state index contributed by atoms with van der Waals surface area (Å²) in [5, 5.41) is 11.2. The Kier molecular flexibility index (Phi) is 5.28. The predicted octanol–water partition coefficient (Wildman–Crippen LogP) is 3.15. The highest BCUT2D eigenvalue weighted by Crippen LogP contribution is 2.22. The number of carbonyl (C=O) groups excluding carboxylic acids is 1. The van der Waals surface area contributed by atoms with Crippen molar-refractivity contribution in [3.8, 4) is 0 Å². The van der Waals surface area contributed by atoms with E-state index in [-0.39, 0.29) is 11.7 Å². The van der Waals surface area contributed by atoms with Crippen LogP contribution in [0.3, 0.4) is 0 Å². The van der Waals surface area contributed by atoms with Gasteiger partial charge in [0.1, 0.15) is 5.82 Å². The number of rotatable bonds is 5. The van der Waals surface area contributed by atoms with Crippen molar-refractivity contribution in [1.29, 1.82) is 0 Å². The molecular formula is C22H21FN4O. The van der Waals surface area contributed by atoms with Crippen molar-refractivity contribution in [2.75, 3.05) is 18.0 Å². The summed E-state index contributed by atoms with van der Waals surface area (Å²) >= 11 is 0. The summed E-state index contributed by atoms with van der Waals surface area (Å²) in [5.74, 6) is 0.253. The standard InChI is InChI=1S/C22H21FN4O/c23-19-7-5-16(6-8-19)11-13-24-22(28)20-9-10-21(26-25-20)27-14-12-17-3-1-2-4-18(17)15-27/h1-10H,11-15H2,(H,24,28). The Hall–Kier alpha value is -3.28. The lowest BCUT2D eigenvalue weighted by Gasteiger charge is -2.29. The maximum atomic E-state index is 12.9. The first kappa shape index (κ1) is 18.1. The molecule has 142 valence electrons. The van der Waals surface area contributed by atoms with E-state index in [0.29, 0.717) is 18.7 Å². The molecule has 0 spiro atoms. The molecule has 6 heteroatoms. The third-order valence-corrected chi connectivity index (χ3v) is 4.95. The van der Waals surface area contributed by atoms with Crippen LogP contribution in [0.4, 0.5) is 10.2 Å². The zero-order valence-electron chi connectivity index (χ0n) is 15.4. The van der Waals surface area contributed by atoms with E-state index in [4.69, 9.17) is 0 Å². The van der Waals surface area contributed by atoms with Crippen LogP contribution in [0.1, 0.15) is 27.2 Å². The molecule has 1 aromatic heterocycles. The fourth-order valence-corrected chi connectivity index (χ4v) is 3.37. The van der Waals surface area contributed by atoms with Gasteiger partial charge in [0.15, 0.2) is 11.5 Å². The number of hydrogen-bond donors (Lipinski definition) is 1. The quantitative estimate of drug-likeness (QED) is 0.743. The van der Waals surface area contributed by atoms with Gasteiger partial charge in [0.2, 0.25) is 0 Å². The van der Waals surface area contributed by atoms with Crippen LogP contribution in [0.25, 0.3) is 0 Å². The highest BCUT2D eigenvalue weighted by molar-refractivity contribution is 5.92. The number of nitrogens with one attached hydrogen (secondary N) is 1. The van der Waals surface area contributed by atoms with Crippen LogP contribution in [0.2, 0.25) is 0 Å². The van der Waals surface area contributed by atoms with E-state index in [1.807, 2.05) is 12.1 Å². The second-order valence-electron chi connectivity index (χ2n) is 6.85. The fraction of sp³-hybridized carbons (Fsp3) is 0.227. The van der Waals surface area contributed by atoms with Crippen LogP contribution < -0.4 is 10.2 Å². The normalized spacial score (nSPS) is 13.1. The molecule has 2 aromatic carbocycles. The Balaban J connectivity index is 1.33. The van der Waals surface area contributed by atoms with Crippen LogP contribution in [0, 0.1) is 5.82 Å². The van der Waals surface area contributed by atoms with Crippen molar-refractivity contribution in [2.24, 2.45) is 0 Å². The van der Waals surface area contributed by atoms with Crippen LogP contribution in [0.5, 0.6) is 0 Å². The maximum Gasteiger partial charge on any atom is 0.271 e. The van der Waals surface area contributed by atoms with Gasteiger partial charge in [0, 0.05) is 19.6 Å². The van der Waals surface area contributed by atoms with Gasteiger partial charge in [-0.2, -0.15) is 0 Å². The molecule has 5 nitrogen and oxygen atoms in total. The summed E-state index contributed by atoms with van der Waals surface area (Å²) in [5.41, 5.74) is 3.94. The highest BCUT2D eigenvalue weighted by atomic mass is 19.1. The van der Waals surface area contributed by atoms with Gasteiger partial charge < -0.3 is 10.2 Å². The minimum atomic E-state index is -0.264. The summed E-state index contributed by atoms with van der Waals surface area (Å²) in [7, 11) is 0. The van der Waals surface area contributed by atoms with Crippen LogP contribution in [0.15, 0.2) is 60.7 Å². The Morgan fingerprint density at radius 2 is 1.79 bits per heavy atom. The number of nitrogens with zero attached hydrogens (tertiary/aromatic N) is 3. The monoisotopic (exact) mass is 376 g/mol. The van der Waals surface area contributed by atoms with E-state index >= 15 is 0 Å². The molecule has 1 aliphatic heterocycles. The predicted molar refractivity (Wildman–Crippen MR) is 106 cm³/mol. The molecule has 0 saturated carbocycles. The van der Waals surface area contributed by atoms with Gasteiger partial charge in [0.05, 0.1) is 0 Å². The topological polar surface area (TPSA) is 58.1 Å². The third kappa shape index (κ3) is 4.17. The number of halogens is 1. The first-order valence-electron chi connectivity index (χ1n) is 9.37. The van der Waals surface area contributed by atoms with E-state index in [2.05, 4.69) is 38.6 Å². The number of amides is 1. The number of hydrogen-bond acceptors (Lipinski definition) is 4. The lowest BCUT2D eigenvalue weighted by Crippen LogP contribution is -2.31. The first-order chi connectivity index (χ1) is 13.7. The minimum absolute atomic E-state index is 0.259. The van der Waals surface area contributed by atoms with Crippen molar-refractivity contribution in [2.45, 2.75) is 19.4 Å². The molecule has 0 fully saturated rings. The molecule has 3 aromatic rings. The molecule has 1 aliphatic rings. The summed E-state index contributed by atoms with van der Waals surface area (Å²) in [6.45, 7) is 2.14. The fourth-order valence-electron chi connectivity index (χ4n) is 3.37. The van der Waals surface area contributed by atoms with E-state index in [1.54, 1.807) is 18.2 Å². The number of carbonyl (C=O) groups is 1. The second kappa shape index (κ2) is 8.17. The number of fused-ring (bicyclic) bond motifs is 1. The highest BCUT2D eigenvalue weighted by Gasteiger charge is 2.18. The Labute approximate surface area is 163 Å². The minimum Gasteiger partial charge on any atom is -0.350 e. The molecule has 28 heavy (non-hydrogen) atoms. The van der Waals surface area contributed by atoms with Crippen LogP contribution in [-0.4, -0.2) is 29.2 Å². The summed E-state index contributed by atoms with van der Waals surface area (Å²) in [4.78, 5) is 14.4. The van der Waals surface area contributed by atoms with E-state index in [9.17, 15) is 9.18 Å². The zero-order chi connectivity index (χ0) is 19.3. The van der Waals surface area contributed by atoms with Crippen LogP contribution in [-0.2, 0) is 19.4 Å². The van der Waals surface area contributed by atoms with Crippen molar-refractivity contribution in [3.05, 3.63) is 88.9 Å². The second-order valence-corrected chi connectivity index (χ2v) is 6.85. The molecular weight excluding hydrogens is 355 g/mol. The number of aromatic nitrogens is 2. The molecule has 0 unspecified atom stereocenters. The molecule has 2 heterocycles. The molecule has 0 saturated heterocycles. The summed E-state index contributed by atoms with van der Waals surface area (Å²) in [6.07, 6.45) is 1.61. The first-order valence-corrected chi connectivity index (χ1v) is 9.37. The number of benzene rings is 2. The van der Waals surface area contributed by atoms with Gasteiger partial charge in [-0.25, -0.2) is 4.39 Å². The lowest BCUT2D eigenvalue weighted by molar-refractivity contribution is 0.0948. The summed E-state index contributed by atoms with van der Waals surface area (Å²) in [6, 6.07) is 18.2. The lowest BCUT2D eigenvalue weighted by atomic mass is 10.00. The average molecular weight is 376 g/mol. The van der Waals surface area contributed by atoms with E-state index in [1.165, 1.54) is 23.3 Å². The largest absolute Gasteiger partial charge is 0.350 e. The van der Waals surface area contributed by atoms with E-state index < -0.39 is 0 Å². The molecule has 0 aliphatic carbocycles. The third-order valence-electron chi connectivity index (χ3n) is 4.95. The summed E-state index contributed by atoms with van der Waals surface area (Å²) < 4.78 is 12.9. The smallest absolute Gasteiger partial charge is 0.271 e. The molecule has 1 amide bonds.